The van der Waals surface area contributed by atoms with Crippen molar-refractivity contribution < 1.29 is 9.53 Å². The van der Waals surface area contributed by atoms with E-state index in [9.17, 15) is 4.79 Å². The number of amides is 2. The number of morpholine rings is 1. The first-order valence-electron chi connectivity index (χ1n) is 5.81. The van der Waals surface area contributed by atoms with Gasteiger partial charge in [-0.05, 0) is 34.1 Å². The second kappa shape index (κ2) is 6.06. The van der Waals surface area contributed by atoms with Crippen molar-refractivity contribution in [3.05, 3.63) is 22.7 Å². The van der Waals surface area contributed by atoms with Crippen LogP contribution in [0.4, 0.5) is 16.2 Å². The smallest absolute Gasteiger partial charge is 0.319 e. The van der Waals surface area contributed by atoms with Gasteiger partial charge in [-0.25, -0.2) is 4.79 Å². The molecule has 0 radical (unpaired) electrons. The van der Waals surface area contributed by atoms with Gasteiger partial charge < -0.3 is 20.3 Å². The third-order valence-electron chi connectivity index (χ3n) is 2.80. The van der Waals surface area contributed by atoms with E-state index in [1.807, 2.05) is 18.2 Å². The average Bonchev–Trinajstić information content (AvgIpc) is 2.42. The van der Waals surface area contributed by atoms with Crippen LogP contribution in [0, 0.1) is 0 Å². The van der Waals surface area contributed by atoms with Crippen LogP contribution in [0.15, 0.2) is 22.7 Å². The SMILES string of the molecule is CNC(=O)Nc1cc(N2CCOCC2)ccc1Br. The first-order chi connectivity index (χ1) is 8.70. The zero-order valence-corrected chi connectivity index (χ0v) is 11.8. The molecule has 1 aromatic rings. The molecule has 0 aromatic heterocycles. The molecule has 1 aliphatic heterocycles. The molecule has 1 aromatic carbocycles. The molecule has 0 atom stereocenters. The van der Waals surface area contributed by atoms with E-state index in [1.165, 1.54) is 0 Å². The van der Waals surface area contributed by atoms with Gasteiger partial charge in [0.15, 0.2) is 0 Å². The Balaban J connectivity index is 2.16. The summed E-state index contributed by atoms with van der Waals surface area (Å²) >= 11 is 3.43. The lowest BCUT2D eigenvalue weighted by molar-refractivity contribution is 0.122. The third-order valence-corrected chi connectivity index (χ3v) is 3.49. The molecule has 0 bridgehead atoms. The predicted molar refractivity (Wildman–Crippen MR) is 75.3 cm³/mol. The van der Waals surface area contributed by atoms with Crippen molar-refractivity contribution in [1.82, 2.24) is 5.32 Å². The van der Waals surface area contributed by atoms with Crippen molar-refractivity contribution in [3.63, 3.8) is 0 Å². The van der Waals surface area contributed by atoms with E-state index in [1.54, 1.807) is 7.05 Å². The van der Waals surface area contributed by atoms with Crippen molar-refractivity contribution in [2.24, 2.45) is 0 Å². The number of halogens is 1. The van der Waals surface area contributed by atoms with Gasteiger partial charge in [-0.1, -0.05) is 0 Å². The molecule has 1 fully saturated rings. The molecule has 5 nitrogen and oxygen atoms in total. The minimum Gasteiger partial charge on any atom is -0.378 e. The zero-order chi connectivity index (χ0) is 13.0. The highest BCUT2D eigenvalue weighted by atomic mass is 79.9. The van der Waals surface area contributed by atoms with Gasteiger partial charge in [0.1, 0.15) is 0 Å². The number of benzene rings is 1. The monoisotopic (exact) mass is 313 g/mol. The molecule has 18 heavy (non-hydrogen) atoms. The van der Waals surface area contributed by atoms with E-state index in [0.717, 1.165) is 42.2 Å². The maximum Gasteiger partial charge on any atom is 0.319 e. The standard InChI is InChI=1S/C12H16BrN3O2/c1-14-12(17)15-11-8-9(2-3-10(11)13)16-4-6-18-7-5-16/h2-3,8H,4-7H2,1H3,(H2,14,15,17). The maximum atomic E-state index is 11.3. The number of nitrogens with zero attached hydrogens (tertiary/aromatic N) is 1. The molecule has 2 amide bonds. The Bertz CT molecular complexity index is 433. The van der Waals surface area contributed by atoms with Gasteiger partial charge in [0, 0.05) is 30.3 Å². The second-order valence-corrected chi connectivity index (χ2v) is 4.82. The van der Waals surface area contributed by atoms with Crippen molar-refractivity contribution >= 4 is 33.3 Å². The second-order valence-electron chi connectivity index (χ2n) is 3.97. The van der Waals surface area contributed by atoms with Crippen LogP contribution < -0.4 is 15.5 Å². The quantitative estimate of drug-likeness (QED) is 0.878. The van der Waals surface area contributed by atoms with Crippen molar-refractivity contribution in [2.45, 2.75) is 0 Å². The maximum absolute atomic E-state index is 11.3. The zero-order valence-electron chi connectivity index (χ0n) is 10.2. The lowest BCUT2D eigenvalue weighted by atomic mass is 10.2. The van der Waals surface area contributed by atoms with Gasteiger partial charge in [-0.3, -0.25) is 0 Å². The topological polar surface area (TPSA) is 53.6 Å². The van der Waals surface area contributed by atoms with Crippen molar-refractivity contribution in [2.75, 3.05) is 43.6 Å². The van der Waals surface area contributed by atoms with Crippen LogP contribution in [-0.4, -0.2) is 39.4 Å². The lowest BCUT2D eigenvalue weighted by Crippen LogP contribution is -2.36. The van der Waals surface area contributed by atoms with Gasteiger partial charge in [-0.15, -0.1) is 0 Å². The summed E-state index contributed by atoms with van der Waals surface area (Å²) in [6.07, 6.45) is 0. The van der Waals surface area contributed by atoms with Crippen LogP contribution in [0.3, 0.4) is 0 Å². The number of hydrogen-bond donors (Lipinski definition) is 2. The summed E-state index contributed by atoms with van der Waals surface area (Å²) in [4.78, 5) is 13.6. The molecule has 0 aliphatic carbocycles. The molecule has 0 saturated carbocycles. The summed E-state index contributed by atoms with van der Waals surface area (Å²) in [5, 5.41) is 5.32. The van der Waals surface area contributed by atoms with E-state index < -0.39 is 0 Å². The Hall–Kier alpha value is -1.27. The molecule has 0 spiro atoms. The van der Waals surface area contributed by atoms with Crippen molar-refractivity contribution in [3.8, 4) is 0 Å². The van der Waals surface area contributed by atoms with Gasteiger partial charge in [-0.2, -0.15) is 0 Å². The number of rotatable bonds is 2. The summed E-state index contributed by atoms with van der Waals surface area (Å²) in [6.45, 7) is 3.24. The Morgan fingerprint density at radius 3 is 2.78 bits per heavy atom. The minimum absolute atomic E-state index is 0.227. The van der Waals surface area contributed by atoms with Crippen LogP contribution in [0.1, 0.15) is 0 Å². The molecule has 98 valence electrons. The summed E-state index contributed by atoms with van der Waals surface area (Å²) < 4.78 is 6.19. The fourth-order valence-electron chi connectivity index (χ4n) is 1.81. The van der Waals surface area contributed by atoms with E-state index >= 15 is 0 Å². The fraction of sp³-hybridized carbons (Fsp3) is 0.417. The van der Waals surface area contributed by atoms with Gasteiger partial charge in [0.25, 0.3) is 0 Å². The fourth-order valence-corrected chi connectivity index (χ4v) is 2.16. The molecule has 2 N–H and O–H groups in total. The summed E-state index contributed by atoms with van der Waals surface area (Å²) in [5.74, 6) is 0. The van der Waals surface area contributed by atoms with Crippen LogP contribution >= 0.6 is 15.9 Å². The number of anilines is 2. The molecule has 1 saturated heterocycles. The summed E-state index contributed by atoms with van der Waals surface area (Å²) in [5.41, 5.74) is 1.85. The number of urea groups is 1. The summed E-state index contributed by atoms with van der Waals surface area (Å²) in [7, 11) is 1.59. The molecule has 2 rings (SSSR count). The Morgan fingerprint density at radius 1 is 1.39 bits per heavy atom. The van der Waals surface area contributed by atoms with Crippen LogP contribution in [0.5, 0.6) is 0 Å². The molecular weight excluding hydrogens is 298 g/mol. The first kappa shape index (κ1) is 13.2. The van der Waals surface area contributed by atoms with E-state index in [0.29, 0.717) is 0 Å². The van der Waals surface area contributed by atoms with Crippen LogP contribution in [0.25, 0.3) is 0 Å². The molecule has 0 unspecified atom stereocenters. The number of hydrogen-bond acceptors (Lipinski definition) is 3. The van der Waals surface area contributed by atoms with Gasteiger partial charge in [0.05, 0.1) is 18.9 Å². The van der Waals surface area contributed by atoms with E-state index in [4.69, 9.17) is 4.74 Å². The lowest BCUT2D eigenvalue weighted by Gasteiger charge is -2.29. The molecule has 6 heteroatoms. The minimum atomic E-state index is -0.227. The normalized spacial score (nSPS) is 15.3. The Labute approximate surface area is 115 Å². The number of ether oxygens (including phenoxy) is 1. The Morgan fingerprint density at radius 2 is 2.11 bits per heavy atom. The van der Waals surface area contributed by atoms with Crippen LogP contribution in [0.2, 0.25) is 0 Å². The average molecular weight is 314 g/mol. The molecule has 1 heterocycles. The van der Waals surface area contributed by atoms with E-state index in [-0.39, 0.29) is 6.03 Å². The largest absolute Gasteiger partial charge is 0.378 e. The van der Waals surface area contributed by atoms with Crippen molar-refractivity contribution in [1.29, 1.82) is 0 Å². The highest BCUT2D eigenvalue weighted by molar-refractivity contribution is 9.10. The molecule has 1 aliphatic rings. The third kappa shape index (κ3) is 3.14. The van der Waals surface area contributed by atoms with Gasteiger partial charge >= 0.3 is 6.03 Å². The van der Waals surface area contributed by atoms with Crippen LogP contribution in [-0.2, 0) is 4.74 Å². The first-order valence-corrected chi connectivity index (χ1v) is 6.61. The van der Waals surface area contributed by atoms with Gasteiger partial charge in [0.2, 0.25) is 0 Å². The summed E-state index contributed by atoms with van der Waals surface area (Å²) in [6, 6.07) is 5.71. The highest BCUT2D eigenvalue weighted by Gasteiger charge is 2.13. The Kier molecular flexibility index (Phi) is 4.43. The highest BCUT2D eigenvalue weighted by Crippen LogP contribution is 2.28. The predicted octanol–water partition coefficient (Wildman–Crippen LogP) is 2.04. The number of carbonyl (C=O) groups is 1. The molecular formula is C12H16BrN3O2. The number of carbonyl (C=O) groups excluding carboxylic acids is 1. The van der Waals surface area contributed by atoms with E-state index in [2.05, 4.69) is 31.5 Å². The number of nitrogens with one attached hydrogen (secondary N) is 2.